The molecule has 1 aromatic carbocycles. The second-order valence-electron chi connectivity index (χ2n) is 6.35. The Bertz CT molecular complexity index is 358. The highest BCUT2D eigenvalue weighted by Gasteiger charge is 2.11. The predicted molar refractivity (Wildman–Crippen MR) is 85.8 cm³/mol. The molecule has 0 aliphatic rings. The van der Waals surface area contributed by atoms with Crippen LogP contribution in [0.25, 0.3) is 0 Å². The third kappa shape index (κ3) is 5.23. The number of nitrogens with zero attached hydrogens (tertiary/aromatic N) is 1. The highest BCUT2D eigenvalue weighted by atomic mass is 15.1. The normalized spacial score (nSPS) is 11.9. The molecule has 0 spiro atoms. The molecule has 0 aromatic heterocycles. The van der Waals surface area contributed by atoms with Gasteiger partial charge in [0.05, 0.1) is 0 Å². The first-order valence-corrected chi connectivity index (χ1v) is 7.44. The molecular formula is C17H30N2. The third-order valence-electron chi connectivity index (χ3n) is 3.66. The number of anilines is 1. The van der Waals surface area contributed by atoms with Crippen LogP contribution in [0, 0.1) is 0 Å². The standard InChI is InChI=1S/C17H30N2/c1-7-15(8-2)19(6)16-11-9-14(10-12-16)13-18-17(3,4)5/h9-12,15,18H,7-8,13H2,1-6H3. The zero-order chi connectivity index (χ0) is 14.5. The SMILES string of the molecule is CCC(CC)N(C)c1ccc(CNC(C)(C)C)cc1. The van der Waals surface area contributed by atoms with Crippen molar-refractivity contribution < 1.29 is 0 Å². The van der Waals surface area contributed by atoms with Crippen LogP contribution in [0.2, 0.25) is 0 Å². The van der Waals surface area contributed by atoms with Gasteiger partial charge in [0.2, 0.25) is 0 Å². The Kier molecular flexibility index (Phi) is 5.86. The molecule has 2 heteroatoms. The molecule has 1 aromatic rings. The molecule has 1 rings (SSSR count). The van der Waals surface area contributed by atoms with Crippen molar-refractivity contribution in [1.82, 2.24) is 5.32 Å². The molecule has 0 fully saturated rings. The van der Waals surface area contributed by atoms with Crippen molar-refractivity contribution >= 4 is 5.69 Å². The van der Waals surface area contributed by atoms with Crippen LogP contribution < -0.4 is 10.2 Å². The summed E-state index contributed by atoms with van der Waals surface area (Å²) >= 11 is 0. The van der Waals surface area contributed by atoms with Gasteiger partial charge >= 0.3 is 0 Å². The molecule has 0 atom stereocenters. The van der Waals surface area contributed by atoms with Gasteiger partial charge in [0.1, 0.15) is 0 Å². The average molecular weight is 262 g/mol. The quantitative estimate of drug-likeness (QED) is 0.826. The van der Waals surface area contributed by atoms with Crippen LogP contribution in [0.4, 0.5) is 5.69 Å². The molecule has 0 amide bonds. The average Bonchev–Trinajstić information content (AvgIpc) is 2.37. The van der Waals surface area contributed by atoms with Crippen LogP contribution in [0.15, 0.2) is 24.3 Å². The lowest BCUT2D eigenvalue weighted by Crippen LogP contribution is -2.35. The van der Waals surface area contributed by atoms with Crippen molar-refractivity contribution in [2.24, 2.45) is 0 Å². The highest BCUT2D eigenvalue weighted by molar-refractivity contribution is 5.47. The summed E-state index contributed by atoms with van der Waals surface area (Å²) in [6, 6.07) is 9.56. The molecule has 108 valence electrons. The Hall–Kier alpha value is -1.02. The van der Waals surface area contributed by atoms with Gasteiger partial charge in [-0.3, -0.25) is 0 Å². The van der Waals surface area contributed by atoms with Gasteiger partial charge in [-0.1, -0.05) is 26.0 Å². The van der Waals surface area contributed by atoms with Gasteiger partial charge in [-0.25, -0.2) is 0 Å². The fraction of sp³-hybridized carbons (Fsp3) is 0.647. The van der Waals surface area contributed by atoms with Gasteiger partial charge < -0.3 is 10.2 Å². The Labute approximate surface area is 119 Å². The van der Waals surface area contributed by atoms with Crippen molar-refractivity contribution in [1.29, 1.82) is 0 Å². The summed E-state index contributed by atoms with van der Waals surface area (Å²) in [5, 5.41) is 3.52. The molecule has 0 unspecified atom stereocenters. The zero-order valence-electron chi connectivity index (χ0n) is 13.5. The summed E-state index contributed by atoms with van der Waals surface area (Å²) in [7, 11) is 2.19. The third-order valence-corrected chi connectivity index (χ3v) is 3.66. The van der Waals surface area contributed by atoms with Gasteiger partial charge in [-0.2, -0.15) is 0 Å². The summed E-state index contributed by atoms with van der Waals surface area (Å²) in [6.45, 7) is 12.0. The first kappa shape index (κ1) is 16.0. The van der Waals surface area contributed by atoms with E-state index < -0.39 is 0 Å². The fourth-order valence-electron chi connectivity index (χ4n) is 2.26. The smallest absolute Gasteiger partial charge is 0.0366 e. The molecule has 0 radical (unpaired) electrons. The molecule has 0 aliphatic heterocycles. The van der Waals surface area contributed by atoms with Crippen molar-refractivity contribution in [2.75, 3.05) is 11.9 Å². The van der Waals surface area contributed by atoms with E-state index in [0.29, 0.717) is 6.04 Å². The summed E-state index contributed by atoms with van der Waals surface area (Å²) in [4.78, 5) is 2.39. The number of hydrogen-bond acceptors (Lipinski definition) is 2. The summed E-state index contributed by atoms with van der Waals surface area (Å²) in [5.74, 6) is 0. The fourth-order valence-corrected chi connectivity index (χ4v) is 2.26. The molecule has 0 saturated heterocycles. The number of hydrogen-bond donors (Lipinski definition) is 1. The lowest BCUT2D eigenvalue weighted by atomic mass is 10.1. The zero-order valence-corrected chi connectivity index (χ0v) is 13.5. The van der Waals surface area contributed by atoms with E-state index in [1.165, 1.54) is 24.1 Å². The van der Waals surface area contributed by atoms with Crippen molar-refractivity contribution in [3.63, 3.8) is 0 Å². The second kappa shape index (κ2) is 6.95. The predicted octanol–water partition coefficient (Wildman–Crippen LogP) is 4.20. The van der Waals surface area contributed by atoms with Gasteiger partial charge in [-0.05, 0) is 51.3 Å². The first-order valence-electron chi connectivity index (χ1n) is 7.44. The summed E-state index contributed by atoms with van der Waals surface area (Å²) < 4.78 is 0. The van der Waals surface area contributed by atoms with Gasteiger partial charge in [0, 0.05) is 30.9 Å². The largest absolute Gasteiger partial charge is 0.372 e. The summed E-state index contributed by atoms with van der Waals surface area (Å²) in [6.07, 6.45) is 2.39. The van der Waals surface area contributed by atoms with Gasteiger partial charge in [0.25, 0.3) is 0 Å². The van der Waals surface area contributed by atoms with E-state index in [2.05, 4.69) is 76.1 Å². The van der Waals surface area contributed by atoms with Crippen LogP contribution >= 0.6 is 0 Å². The Morgan fingerprint density at radius 1 is 1.05 bits per heavy atom. The maximum Gasteiger partial charge on any atom is 0.0366 e. The van der Waals surface area contributed by atoms with Crippen LogP contribution in [-0.4, -0.2) is 18.6 Å². The maximum absolute atomic E-state index is 3.52. The van der Waals surface area contributed by atoms with Crippen LogP contribution in [0.1, 0.15) is 53.0 Å². The van der Waals surface area contributed by atoms with Gasteiger partial charge in [-0.15, -0.1) is 0 Å². The van der Waals surface area contributed by atoms with E-state index in [4.69, 9.17) is 0 Å². The topological polar surface area (TPSA) is 15.3 Å². The van der Waals surface area contributed by atoms with Gasteiger partial charge in [0.15, 0.2) is 0 Å². The monoisotopic (exact) mass is 262 g/mol. The van der Waals surface area contributed by atoms with Crippen molar-refractivity contribution in [2.45, 2.75) is 65.6 Å². The minimum Gasteiger partial charge on any atom is -0.372 e. The second-order valence-corrected chi connectivity index (χ2v) is 6.35. The molecule has 0 bridgehead atoms. The van der Waals surface area contributed by atoms with E-state index in [0.717, 1.165) is 6.54 Å². The van der Waals surface area contributed by atoms with E-state index in [1.54, 1.807) is 0 Å². The number of nitrogens with one attached hydrogen (secondary N) is 1. The summed E-state index contributed by atoms with van der Waals surface area (Å²) in [5.41, 5.74) is 2.83. The first-order chi connectivity index (χ1) is 8.87. The van der Waals surface area contributed by atoms with Crippen molar-refractivity contribution in [3.05, 3.63) is 29.8 Å². The Balaban J connectivity index is 2.65. The molecule has 2 nitrogen and oxygen atoms in total. The molecule has 0 heterocycles. The number of benzene rings is 1. The lowest BCUT2D eigenvalue weighted by Gasteiger charge is -2.28. The minimum absolute atomic E-state index is 0.172. The number of rotatable bonds is 6. The van der Waals surface area contributed by atoms with E-state index in [9.17, 15) is 0 Å². The van der Waals surface area contributed by atoms with Crippen LogP contribution in [-0.2, 0) is 6.54 Å². The minimum atomic E-state index is 0.172. The van der Waals surface area contributed by atoms with Crippen molar-refractivity contribution in [3.8, 4) is 0 Å². The molecule has 0 aliphatic carbocycles. The molecule has 1 N–H and O–H groups in total. The van der Waals surface area contributed by atoms with E-state index >= 15 is 0 Å². The van der Waals surface area contributed by atoms with E-state index in [-0.39, 0.29) is 5.54 Å². The molecule has 19 heavy (non-hydrogen) atoms. The van der Waals surface area contributed by atoms with E-state index in [1.807, 2.05) is 0 Å². The Morgan fingerprint density at radius 3 is 2.00 bits per heavy atom. The van der Waals surface area contributed by atoms with Crippen LogP contribution in [0.3, 0.4) is 0 Å². The Morgan fingerprint density at radius 2 is 1.58 bits per heavy atom. The maximum atomic E-state index is 3.52. The molecular weight excluding hydrogens is 232 g/mol. The van der Waals surface area contributed by atoms with Crippen LogP contribution in [0.5, 0.6) is 0 Å². The highest BCUT2D eigenvalue weighted by Crippen LogP contribution is 2.19. The lowest BCUT2D eigenvalue weighted by molar-refractivity contribution is 0.424. The molecule has 0 saturated carbocycles.